The average Bonchev–Trinajstić information content (AvgIpc) is 2.41. The molecule has 0 bridgehead atoms. The monoisotopic (exact) mass is 234 g/mol. The molecule has 90 valence electrons. The van der Waals surface area contributed by atoms with Gasteiger partial charge in [-0.2, -0.15) is 0 Å². The van der Waals surface area contributed by atoms with Gasteiger partial charge in [0, 0.05) is 0 Å². The van der Waals surface area contributed by atoms with Crippen molar-refractivity contribution in [2.24, 2.45) is 0 Å². The molecule has 0 fully saturated rings. The van der Waals surface area contributed by atoms with E-state index in [0.29, 0.717) is 5.92 Å². The number of hydrogen-bond acceptors (Lipinski definition) is 0. The first-order chi connectivity index (χ1) is 8.72. The van der Waals surface area contributed by atoms with Gasteiger partial charge in [-0.15, -0.1) is 12.6 Å². The predicted octanol–water partition coefficient (Wildman–Crippen LogP) is 3.14. The smallest absolute Gasteiger partial charge is 0.113 e. The second-order valence-corrected chi connectivity index (χ2v) is 4.95. The summed E-state index contributed by atoms with van der Waals surface area (Å²) in [4.78, 5) is 0. The van der Waals surface area contributed by atoms with Crippen LogP contribution in [0, 0.1) is 0 Å². The van der Waals surface area contributed by atoms with E-state index in [1.807, 2.05) is 12.0 Å². The highest BCUT2D eigenvalue weighted by Crippen LogP contribution is 2.12. The Balaban J connectivity index is 2.31. The molecule has 1 heteroatoms. The number of benzene rings is 2. The van der Waals surface area contributed by atoms with Crippen molar-refractivity contribution in [1.82, 2.24) is 0 Å². The lowest BCUT2D eigenvalue weighted by Crippen LogP contribution is -2.40. The second kappa shape index (κ2) is 5.73. The van der Waals surface area contributed by atoms with Gasteiger partial charge < -0.3 is 0 Å². The lowest BCUT2D eigenvalue weighted by Gasteiger charge is -2.12. The summed E-state index contributed by atoms with van der Waals surface area (Å²) in [5, 5.41) is 0. The van der Waals surface area contributed by atoms with Gasteiger partial charge in [-0.1, -0.05) is 79.4 Å². The van der Waals surface area contributed by atoms with E-state index in [1.165, 1.54) is 16.5 Å². The third-order valence-corrected chi connectivity index (χ3v) is 3.36. The minimum atomic E-state index is 0.285. The highest BCUT2D eigenvalue weighted by Gasteiger charge is 2.14. The number of rotatable bonds is 4. The maximum atomic E-state index is 3.97. The highest BCUT2D eigenvalue weighted by atomic mass is 14.0. The van der Waals surface area contributed by atoms with Crippen LogP contribution in [0.25, 0.3) is 0 Å². The summed E-state index contributed by atoms with van der Waals surface area (Å²) >= 11 is 0. The van der Waals surface area contributed by atoms with Crippen LogP contribution in [0.4, 0.5) is 0 Å². The van der Waals surface area contributed by atoms with Crippen molar-refractivity contribution in [2.75, 3.05) is 0 Å². The maximum absolute atomic E-state index is 3.97. The Morgan fingerprint density at radius 3 is 1.94 bits per heavy atom. The van der Waals surface area contributed by atoms with Gasteiger partial charge in [-0.05, 0) is 11.5 Å². The zero-order valence-corrected chi connectivity index (χ0v) is 11.1. The SMILES string of the molecule is C=CB(c1ccccc1)c1ccc(C(C)C)cc1. The fourth-order valence-electron chi connectivity index (χ4n) is 2.21. The van der Waals surface area contributed by atoms with Crippen LogP contribution in [0.3, 0.4) is 0 Å². The van der Waals surface area contributed by atoms with Crippen LogP contribution in [-0.2, 0) is 0 Å². The summed E-state index contributed by atoms with van der Waals surface area (Å²) in [7, 11) is 0. The van der Waals surface area contributed by atoms with Crippen molar-refractivity contribution in [3.63, 3.8) is 0 Å². The van der Waals surface area contributed by atoms with Gasteiger partial charge >= 0.3 is 0 Å². The summed E-state index contributed by atoms with van der Waals surface area (Å²) < 4.78 is 0. The van der Waals surface area contributed by atoms with E-state index >= 15 is 0 Å². The summed E-state index contributed by atoms with van der Waals surface area (Å²) in [6.45, 7) is 8.69. The van der Waals surface area contributed by atoms with Crippen molar-refractivity contribution in [3.8, 4) is 0 Å². The van der Waals surface area contributed by atoms with E-state index in [9.17, 15) is 0 Å². The molecule has 0 N–H and O–H groups in total. The zero-order chi connectivity index (χ0) is 13.0. The van der Waals surface area contributed by atoms with Crippen molar-refractivity contribution in [1.29, 1.82) is 0 Å². The van der Waals surface area contributed by atoms with E-state index in [-0.39, 0.29) is 6.71 Å². The van der Waals surface area contributed by atoms with E-state index in [0.717, 1.165) is 0 Å². The Morgan fingerprint density at radius 2 is 1.44 bits per heavy atom. The topological polar surface area (TPSA) is 0 Å². The molecule has 2 rings (SSSR count). The fraction of sp³-hybridized carbons (Fsp3) is 0.176. The van der Waals surface area contributed by atoms with E-state index in [4.69, 9.17) is 0 Å². The predicted molar refractivity (Wildman–Crippen MR) is 82.2 cm³/mol. The van der Waals surface area contributed by atoms with Crippen LogP contribution in [0.5, 0.6) is 0 Å². The molecular formula is C17H19B. The largest absolute Gasteiger partial charge is 0.233 e. The zero-order valence-electron chi connectivity index (χ0n) is 11.1. The molecule has 0 aromatic heterocycles. The normalized spacial score (nSPS) is 10.4. The third-order valence-electron chi connectivity index (χ3n) is 3.36. The maximum Gasteiger partial charge on any atom is 0.233 e. The Labute approximate surface area is 110 Å². The molecule has 0 unspecified atom stereocenters. The van der Waals surface area contributed by atoms with Gasteiger partial charge in [0.25, 0.3) is 0 Å². The van der Waals surface area contributed by atoms with Crippen LogP contribution in [-0.4, -0.2) is 6.71 Å². The van der Waals surface area contributed by atoms with Crippen molar-refractivity contribution >= 4 is 17.6 Å². The van der Waals surface area contributed by atoms with Crippen LogP contribution in [0.2, 0.25) is 0 Å². The molecule has 18 heavy (non-hydrogen) atoms. The highest BCUT2D eigenvalue weighted by molar-refractivity contribution is 6.89. The van der Waals surface area contributed by atoms with Gasteiger partial charge in [0.1, 0.15) is 0 Å². The third kappa shape index (κ3) is 2.73. The molecule has 0 spiro atoms. The van der Waals surface area contributed by atoms with Gasteiger partial charge in [-0.3, -0.25) is 0 Å². The minimum Gasteiger partial charge on any atom is -0.113 e. The van der Waals surface area contributed by atoms with Gasteiger partial charge in [-0.25, -0.2) is 0 Å². The molecule has 0 aliphatic heterocycles. The average molecular weight is 234 g/mol. The van der Waals surface area contributed by atoms with Crippen molar-refractivity contribution < 1.29 is 0 Å². The van der Waals surface area contributed by atoms with Crippen LogP contribution >= 0.6 is 0 Å². The van der Waals surface area contributed by atoms with Gasteiger partial charge in [0.05, 0.1) is 0 Å². The second-order valence-electron chi connectivity index (χ2n) is 4.95. The molecule has 0 aliphatic carbocycles. The van der Waals surface area contributed by atoms with Gasteiger partial charge in [0.2, 0.25) is 6.71 Å². The number of hydrogen-bond donors (Lipinski definition) is 0. The molecule has 2 aromatic carbocycles. The Hall–Kier alpha value is -1.76. The van der Waals surface area contributed by atoms with Crippen LogP contribution in [0.1, 0.15) is 25.3 Å². The minimum absolute atomic E-state index is 0.285. The lowest BCUT2D eigenvalue weighted by atomic mass is 9.41. The van der Waals surface area contributed by atoms with E-state index < -0.39 is 0 Å². The van der Waals surface area contributed by atoms with Crippen LogP contribution in [0.15, 0.2) is 67.2 Å². The first kappa shape index (κ1) is 12.7. The molecule has 0 saturated heterocycles. The standard InChI is InChI=1S/C17H19B/c1-4-18(16-8-6-5-7-9-16)17-12-10-15(11-13-17)14(2)3/h4-14H,1H2,2-3H3. The molecule has 0 amide bonds. The van der Waals surface area contributed by atoms with E-state index in [2.05, 4.69) is 69.0 Å². The Bertz CT molecular complexity index is 497. The lowest BCUT2D eigenvalue weighted by molar-refractivity contribution is 0.867. The summed E-state index contributed by atoms with van der Waals surface area (Å²) in [6, 6.07) is 19.4. The van der Waals surface area contributed by atoms with Gasteiger partial charge in [0.15, 0.2) is 0 Å². The Morgan fingerprint density at radius 1 is 0.889 bits per heavy atom. The first-order valence-corrected chi connectivity index (χ1v) is 6.49. The van der Waals surface area contributed by atoms with Crippen molar-refractivity contribution in [3.05, 3.63) is 72.7 Å². The quantitative estimate of drug-likeness (QED) is 0.713. The molecular weight excluding hydrogens is 215 g/mol. The summed E-state index contributed by atoms with van der Waals surface area (Å²) in [5.74, 6) is 2.60. The summed E-state index contributed by atoms with van der Waals surface area (Å²) in [6.07, 6.45) is 0. The summed E-state index contributed by atoms with van der Waals surface area (Å²) in [5.41, 5.74) is 3.99. The van der Waals surface area contributed by atoms with Crippen molar-refractivity contribution in [2.45, 2.75) is 19.8 Å². The first-order valence-electron chi connectivity index (χ1n) is 6.49. The van der Waals surface area contributed by atoms with E-state index in [1.54, 1.807) is 0 Å². The molecule has 2 aromatic rings. The molecule has 0 heterocycles. The van der Waals surface area contributed by atoms with Crippen LogP contribution < -0.4 is 10.9 Å². The molecule has 0 saturated carbocycles. The Kier molecular flexibility index (Phi) is 4.04. The molecule has 0 nitrogen and oxygen atoms in total. The molecule has 0 aliphatic rings. The molecule has 0 radical (unpaired) electrons. The molecule has 0 atom stereocenters. The fourth-order valence-corrected chi connectivity index (χ4v) is 2.21.